The lowest BCUT2D eigenvalue weighted by atomic mass is 9.95. The van der Waals surface area contributed by atoms with Crippen molar-refractivity contribution >= 4 is 5.97 Å². The standard InChI is InChI=1S/C13H19NO3/c1-13(2,12(15)16-3)10-17-9-7-11-6-4-5-8-14-11/h4-6,8H,7,9-10H2,1-3H3. The second kappa shape index (κ2) is 6.35. The van der Waals surface area contributed by atoms with Gasteiger partial charge in [-0.3, -0.25) is 9.78 Å². The summed E-state index contributed by atoms with van der Waals surface area (Å²) in [5, 5.41) is 0. The van der Waals surface area contributed by atoms with E-state index in [0.717, 1.165) is 12.1 Å². The van der Waals surface area contributed by atoms with E-state index in [2.05, 4.69) is 4.98 Å². The van der Waals surface area contributed by atoms with E-state index < -0.39 is 5.41 Å². The highest BCUT2D eigenvalue weighted by Gasteiger charge is 2.28. The number of methoxy groups -OCH3 is 1. The van der Waals surface area contributed by atoms with E-state index in [1.807, 2.05) is 18.2 Å². The van der Waals surface area contributed by atoms with Gasteiger partial charge in [-0.05, 0) is 26.0 Å². The highest BCUT2D eigenvalue weighted by atomic mass is 16.5. The maximum atomic E-state index is 11.4. The van der Waals surface area contributed by atoms with E-state index >= 15 is 0 Å². The van der Waals surface area contributed by atoms with Crippen LogP contribution in [0.2, 0.25) is 0 Å². The summed E-state index contributed by atoms with van der Waals surface area (Å²) in [6.45, 7) is 4.52. The van der Waals surface area contributed by atoms with Crippen LogP contribution in [0.25, 0.3) is 0 Å². The van der Waals surface area contributed by atoms with Crippen molar-refractivity contribution in [3.05, 3.63) is 30.1 Å². The SMILES string of the molecule is COC(=O)C(C)(C)COCCc1ccccn1. The number of rotatable bonds is 6. The molecule has 0 radical (unpaired) electrons. The van der Waals surface area contributed by atoms with Crippen molar-refractivity contribution in [2.75, 3.05) is 20.3 Å². The minimum atomic E-state index is -0.598. The second-order valence-corrected chi connectivity index (χ2v) is 4.50. The number of carbonyl (C=O) groups is 1. The average Bonchev–Trinajstić information content (AvgIpc) is 2.35. The summed E-state index contributed by atoms with van der Waals surface area (Å²) < 4.78 is 10.2. The smallest absolute Gasteiger partial charge is 0.313 e. The van der Waals surface area contributed by atoms with Crippen LogP contribution in [0.1, 0.15) is 19.5 Å². The lowest BCUT2D eigenvalue weighted by molar-refractivity contribution is -0.154. The van der Waals surface area contributed by atoms with Crippen molar-refractivity contribution in [2.45, 2.75) is 20.3 Å². The van der Waals surface area contributed by atoms with Gasteiger partial charge in [-0.1, -0.05) is 6.07 Å². The maximum Gasteiger partial charge on any atom is 0.313 e. The zero-order valence-electron chi connectivity index (χ0n) is 10.6. The third-order valence-corrected chi connectivity index (χ3v) is 2.43. The van der Waals surface area contributed by atoms with Crippen molar-refractivity contribution in [1.82, 2.24) is 4.98 Å². The number of nitrogens with zero attached hydrogens (tertiary/aromatic N) is 1. The molecule has 4 heteroatoms. The van der Waals surface area contributed by atoms with Crippen LogP contribution in [0, 0.1) is 5.41 Å². The van der Waals surface area contributed by atoms with Crippen LogP contribution in [-0.2, 0) is 20.7 Å². The quantitative estimate of drug-likeness (QED) is 0.559. The lowest BCUT2D eigenvalue weighted by Crippen LogP contribution is -2.31. The van der Waals surface area contributed by atoms with Gasteiger partial charge in [-0.2, -0.15) is 0 Å². The Balaban J connectivity index is 2.27. The molecule has 1 rings (SSSR count). The average molecular weight is 237 g/mol. The molecule has 0 aromatic carbocycles. The molecule has 1 aromatic rings. The predicted molar refractivity (Wildman–Crippen MR) is 64.6 cm³/mol. The molecule has 0 saturated carbocycles. The number of hydrogen-bond donors (Lipinski definition) is 0. The summed E-state index contributed by atoms with van der Waals surface area (Å²) in [7, 11) is 1.39. The predicted octanol–water partition coefficient (Wildman–Crippen LogP) is 1.84. The van der Waals surface area contributed by atoms with Crippen molar-refractivity contribution in [2.24, 2.45) is 5.41 Å². The molecule has 1 heterocycles. The van der Waals surface area contributed by atoms with Gasteiger partial charge in [-0.25, -0.2) is 0 Å². The van der Waals surface area contributed by atoms with Crippen molar-refractivity contribution in [3.63, 3.8) is 0 Å². The van der Waals surface area contributed by atoms with Gasteiger partial charge < -0.3 is 9.47 Å². The Morgan fingerprint density at radius 3 is 2.76 bits per heavy atom. The molecule has 0 bridgehead atoms. The minimum absolute atomic E-state index is 0.254. The number of ether oxygens (including phenoxy) is 2. The number of hydrogen-bond acceptors (Lipinski definition) is 4. The van der Waals surface area contributed by atoms with Crippen molar-refractivity contribution in [3.8, 4) is 0 Å². The molecule has 0 amide bonds. The zero-order chi connectivity index (χ0) is 12.7. The van der Waals surface area contributed by atoms with Crippen molar-refractivity contribution in [1.29, 1.82) is 0 Å². The Bertz CT molecular complexity index is 349. The first kappa shape index (κ1) is 13.6. The molecule has 94 valence electrons. The van der Waals surface area contributed by atoms with E-state index in [4.69, 9.17) is 9.47 Å². The Labute approximate surface area is 102 Å². The van der Waals surface area contributed by atoms with Gasteiger partial charge >= 0.3 is 5.97 Å². The molecule has 0 aliphatic rings. The van der Waals surface area contributed by atoms with Crippen LogP contribution >= 0.6 is 0 Å². The molecule has 1 aromatic heterocycles. The van der Waals surface area contributed by atoms with Crippen LogP contribution in [-0.4, -0.2) is 31.3 Å². The number of carbonyl (C=O) groups excluding carboxylic acids is 1. The fraction of sp³-hybridized carbons (Fsp3) is 0.538. The van der Waals surface area contributed by atoms with Gasteiger partial charge in [0.25, 0.3) is 0 Å². The maximum absolute atomic E-state index is 11.4. The molecule has 0 unspecified atom stereocenters. The molecule has 0 N–H and O–H groups in total. The van der Waals surface area contributed by atoms with E-state index in [-0.39, 0.29) is 5.97 Å². The van der Waals surface area contributed by atoms with Crippen LogP contribution < -0.4 is 0 Å². The van der Waals surface area contributed by atoms with E-state index in [9.17, 15) is 4.79 Å². The molecule has 0 saturated heterocycles. The first-order valence-corrected chi connectivity index (χ1v) is 5.62. The molecule has 0 aliphatic heterocycles. The number of pyridine rings is 1. The topological polar surface area (TPSA) is 48.4 Å². The van der Waals surface area contributed by atoms with Gasteiger partial charge in [0.05, 0.1) is 25.7 Å². The second-order valence-electron chi connectivity index (χ2n) is 4.50. The molecule has 0 fully saturated rings. The van der Waals surface area contributed by atoms with Gasteiger partial charge in [0.1, 0.15) is 0 Å². The Morgan fingerprint density at radius 1 is 1.41 bits per heavy atom. The highest BCUT2D eigenvalue weighted by Crippen LogP contribution is 2.17. The Hall–Kier alpha value is -1.42. The third-order valence-electron chi connectivity index (χ3n) is 2.43. The van der Waals surface area contributed by atoms with Gasteiger partial charge in [0, 0.05) is 18.3 Å². The molecule has 17 heavy (non-hydrogen) atoms. The highest BCUT2D eigenvalue weighted by molar-refractivity contribution is 5.75. The number of aromatic nitrogens is 1. The zero-order valence-corrected chi connectivity index (χ0v) is 10.6. The first-order chi connectivity index (χ1) is 8.06. The summed E-state index contributed by atoms with van der Waals surface area (Å²) in [6, 6.07) is 5.78. The normalized spacial score (nSPS) is 11.2. The molecular weight excluding hydrogens is 218 g/mol. The molecule has 0 aliphatic carbocycles. The molecule has 4 nitrogen and oxygen atoms in total. The van der Waals surface area contributed by atoms with Crippen LogP contribution in [0.5, 0.6) is 0 Å². The van der Waals surface area contributed by atoms with Gasteiger partial charge in [-0.15, -0.1) is 0 Å². The minimum Gasteiger partial charge on any atom is -0.469 e. The van der Waals surface area contributed by atoms with Gasteiger partial charge in [0.15, 0.2) is 0 Å². The van der Waals surface area contributed by atoms with E-state index in [1.165, 1.54) is 7.11 Å². The lowest BCUT2D eigenvalue weighted by Gasteiger charge is -2.20. The fourth-order valence-electron chi connectivity index (χ4n) is 1.39. The van der Waals surface area contributed by atoms with Crippen LogP contribution in [0.4, 0.5) is 0 Å². The molecular formula is C13H19NO3. The van der Waals surface area contributed by atoms with Gasteiger partial charge in [0.2, 0.25) is 0 Å². The molecule has 0 atom stereocenters. The molecule has 0 spiro atoms. The fourth-order valence-corrected chi connectivity index (χ4v) is 1.39. The Kier molecular flexibility index (Phi) is 5.10. The summed E-state index contributed by atoms with van der Waals surface area (Å²) in [6.07, 6.45) is 2.51. The van der Waals surface area contributed by atoms with Crippen molar-refractivity contribution < 1.29 is 14.3 Å². The third kappa shape index (κ3) is 4.53. The van der Waals surface area contributed by atoms with E-state index in [0.29, 0.717) is 13.2 Å². The monoisotopic (exact) mass is 237 g/mol. The Morgan fingerprint density at radius 2 is 2.18 bits per heavy atom. The largest absolute Gasteiger partial charge is 0.469 e. The summed E-state index contributed by atoms with van der Waals surface area (Å²) in [5.74, 6) is -0.254. The number of esters is 1. The van der Waals surface area contributed by atoms with Crippen LogP contribution in [0.15, 0.2) is 24.4 Å². The van der Waals surface area contributed by atoms with E-state index in [1.54, 1.807) is 20.0 Å². The summed E-state index contributed by atoms with van der Waals surface area (Å²) >= 11 is 0. The first-order valence-electron chi connectivity index (χ1n) is 5.62. The summed E-state index contributed by atoms with van der Waals surface area (Å²) in [4.78, 5) is 15.6. The van der Waals surface area contributed by atoms with Crippen LogP contribution in [0.3, 0.4) is 0 Å². The summed E-state index contributed by atoms with van der Waals surface area (Å²) in [5.41, 5.74) is 0.391.